The van der Waals surface area contributed by atoms with Gasteiger partial charge >= 0.3 is 0 Å². The molecule has 0 fully saturated rings. The molecule has 1 unspecified atom stereocenters. The Hall–Kier alpha value is -1.61. The van der Waals surface area contributed by atoms with Crippen molar-refractivity contribution in [3.8, 4) is 0 Å². The summed E-state index contributed by atoms with van der Waals surface area (Å²) in [4.78, 5) is 11.6. The van der Waals surface area contributed by atoms with Crippen molar-refractivity contribution in [2.45, 2.75) is 39.7 Å². The number of hydrogen-bond donors (Lipinski definition) is 2. The van der Waals surface area contributed by atoms with E-state index in [4.69, 9.17) is 0 Å². The Kier molecular flexibility index (Phi) is 7.02. The summed E-state index contributed by atoms with van der Waals surface area (Å²) in [5.41, 5.74) is 2.32. The summed E-state index contributed by atoms with van der Waals surface area (Å²) in [5, 5.41) is 12.4. The van der Waals surface area contributed by atoms with Crippen LogP contribution in [-0.4, -0.2) is 23.7 Å². The molecular weight excluding hydrogens is 250 g/mol. The lowest BCUT2D eigenvalue weighted by molar-refractivity contribution is -0.120. The van der Waals surface area contributed by atoms with Gasteiger partial charge in [-0.05, 0) is 24.8 Å². The number of carbonyl (C=O) groups is 1. The van der Waals surface area contributed by atoms with Crippen LogP contribution in [0.25, 0.3) is 6.08 Å². The average Bonchev–Trinajstić information content (AvgIpc) is 2.40. The van der Waals surface area contributed by atoms with E-state index < -0.39 is 0 Å². The van der Waals surface area contributed by atoms with Crippen LogP contribution < -0.4 is 5.32 Å². The SMILES string of the molecule is Cc1ccc(C=CCC(=O)NCCC(O)C(C)C)cc1. The van der Waals surface area contributed by atoms with E-state index >= 15 is 0 Å². The predicted octanol–water partition coefficient (Wildman–Crippen LogP) is 2.92. The normalized spacial score (nSPS) is 12.8. The quantitative estimate of drug-likeness (QED) is 0.804. The van der Waals surface area contributed by atoms with Crippen LogP contribution >= 0.6 is 0 Å². The van der Waals surface area contributed by atoms with Gasteiger partial charge in [0.05, 0.1) is 6.10 Å². The summed E-state index contributed by atoms with van der Waals surface area (Å²) < 4.78 is 0. The van der Waals surface area contributed by atoms with E-state index in [0.717, 1.165) is 5.56 Å². The Morgan fingerprint density at radius 1 is 1.30 bits per heavy atom. The Labute approximate surface area is 121 Å². The second-order valence-electron chi connectivity index (χ2n) is 5.47. The Bertz CT molecular complexity index is 435. The molecule has 0 bridgehead atoms. The van der Waals surface area contributed by atoms with E-state index in [9.17, 15) is 9.90 Å². The van der Waals surface area contributed by atoms with Crippen LogP contribution in [0.4, 0.5) is 0 Å². The third-order valence-electron chi connectivity index (χ3n) is 3.22. The largest absolute Gasteiger partial charge is 0.393 e. The molecule has 110 valence electrons. The highest BCUT2D eigenvalue weighted by molar-refractivity contribution is 5.78. The highest BCUT2D eigenvalue weighted by Gasteiger charge is 2.08. The molecular formula is C17H25NO2. The molecule has 0 radical (unpaired) electrons. The van der Waals surface area contributed by atoms with E-state index in [1.54, 1.807) is 0 Å². The number of carbonyl (C=O) groups excluding carboxylic acids is 1. The third kappa shape index (κ3) is 6.53. The molecule has 20 heavy (non-hydrogen) atoms. The van der Waals surface area contributed by atoms with Crippen LogP contribution in [0.1, 0.15) is 37.8 Å². The lowest BCUT2D eigenvalue weighted by Crippen LogP contribution is -2.28. The zero-order chi connectivity index (χ0) is 15.0. The molecule has 0 heterocycles. The minimum Gasteiger partial charge on any atom is -0.393 e. The summed E-state index contributed by atoms with van der Waals surface area (Å²) in [7, 11) is 0. The van der Waals surface area contributed by atoms with Gasteiger partial charge in [-0.2, -0.15) is 0 Å². The fourth-order valence-electron chi connectivity index (χ4n) is 1.74. The molecule has 0 aliphatic rings. The lowest BCUT2D eigenvalue weighted by Gasteiger charge is -2.14. The number of aliphatic hydroxyl groups is 1. The standard InChI is InChI=1S/C17H25NO2/c1-13(2)16(19)11-12-18-17(20)6-4-5-15-9-7-14(3)8-10-15/h4-5,7-10,13,16,19H,6,11-12H2,1-3H3,(H,18,20). The first-order valence-corrected chi connectivity index (χ1v) is 7.17. The van der Waals surface area contributed by atoms with E-state index in [1.807, 2.05) is 57.2 Å². The Morgan fingerprint density at radius 2 is 1.95 bits per heavy atom. The van der Waals surface area contributed by atoms with Gasteiger partial charge in [-0.1, -0.05) is 55.8 Å². The van der Waals surface area contributed by atoms with Gasteiger partial charge in [-0.3, -0.25) is 4.79 Å². The van der Waals surface area contributed by atoms with Crippen molar-refractivity contribution in [2.75, 3.05) is 6.54 Å². The molecule has 0 aliphatic carbocycles. The minimum atomic E-state index is -0.349. The van der Waals surface area contributed by atoms with E-state index in [-0.39, 0.29) is 17.9 Å². The van der Waals surface area contributed by atoms with Gasteiger partial charge in [0.25, 0.3) is 0 Å². The van der Waals surface area contributed by atoms with E-state index in [1.165, 1.54) is 5.56 Å². The van der Waals surface area contributed by atoms with Crippen molar-refractivity contribution < 1.29 is 9.90 Å². The molecule has 0 aliphatic heterocycles. The number of benzene rings is 1. The van der Waals surface area contributed by atoms with Crippen molar-refractivity contribution in [1.29, 1.82) is 0 Å². The van der Waals surface area contributed by atoms with Crippen molar-refractivity contribution in [2.24, 2.45) is 5.92 Å². The molecule has 0 spiro atoms. The molecule has 0 aromatic heterocycles. The highest BCUT2D eigenvalue weighted by atomic mass is 16.3. The molecule has 1 atom stereocenters. The van der Waals surface area contributed by atoms with Gasteiger partial charge in [-0.25, -0.2) is 0 Å². The van der Waals surface area contributed by atoms with Crippen LogP contribution in [0.3, 0.4) is 0 Å². The summed E-state index contributed by atoms with van der Waals surface area (Å²) >= 11 is 0. The fraction of sp³-hybridized carbons (Fsp3) is 0.471. The third-order valence-corrected chi connectivity index (χ3v) is 3.22. The minimum absolute atomic E-state index is 0.00989. The predicted molar refractivity (Wildman–Crippen MR) is 83.3 cm³/mol. The second-order valence-corrected chi connectivity index (χ2v) is 5.47. The van der Waals surface area contributed by atoms with E-state index in [2.05, 4.69) is 5.32 Å². The average molecular weight is 275 g/mol. The maximum atomic E-state index is 11.6. The molecule has 0 saturated carbocycles. The molecule has 1 amide bonds. The maximum absolute atomic E-state index is 11.6. The van der Waals surface area contributed by atoms with Crippen LogP contribution in [0.5, 0.6) is 0 Å². The van der Waals surface area contributed by atoms with E-state index in [0.29, 0.717) is 19.4 Å². The molecule has 1 aromatic carbocycles. The van der Waals surface area contributed by atoms with Crippen LogP contribution in [0.2, 0.25) is 0 Å². The molecule has 3 heteroatoms. The Morgan fingerprint density at radius 3 is 2.55 bits per heavy atom. The highest BCUT2D eigenvalue weighted by Crippen LogP contribution is 2.06. The summed E-state index contributed by atoms with van der Waals surface area (Å²) in [5.74, 6) is 0.220. The molecule has 2 N–H and O–H groups in total. The van der Waals surface area contributed by atoms with Gasteiger partial charge in [0.1, 0.15) is 0 Å². The first-order chi connectivity index (χ1) is 9.49. The Balaban J connectivity index is 2.24. The zero-order valence-electron chi connectivity index (χ0n) is 12.6. The van der Waals surface area contributed by atoms with Gasteiger partial charge < -0.3 is 10.4 Å². The number of aliphatic hydroxyl groups excluding tert-OH is 1. The van der Waals surface area contributed by atoms with Crippen molar-refractivity contribution in [3.63, 3.8) is 0 Å². The monoisotopic (exact) mass is 275 g/mol. The zero-order valence-corrected chi connectivity index (χ0v) is 12.6. The lowest BCUT2D eigenvalue weighted by atomic mass is 10.0. The number of aryl methyl sites for hydroxylation is 1. The maximum Gasteiger partial charge on any atom is 0.223 e. The number of hydrogen-bond acceptors (Lipinski definition) is 2. The molecule has 3 nitrogen and oxygen atoms in total. The summed E-state index contributed by atoms with van der Waals surface area (Å²) in [6.07, 6.45) is 4.43. The number of amides is 1. The smallest absolute Gasteiger partial charge is 0.223 e. The van der Waals surface area contributed by atoms with Crippen LogP contribution in [-0.2, 0) is 4.79 Å². The molecule has 0 saturated heterocycles. The second kappa shape index (κ2) is 8.54. The van der Waals surface area contributed by atoms with Crippen LogP contribution in [0.15, 0.2) is 30.3 Å². The molecule has 1 rings (SSSR count). The van der Waals surface area contributed by atoms with Crippen molar-refractivity contribution in [3.05, 3.63) is 41.5 Å². The number of rotatable bonds is 7. The first-order valence-electron chi connectivity index (χ1n) is 7.17. The van der Waals surface area contributed by atoms with Gasteiger partial charge in [0, 0.05) is 13.0 Å². The van der Waals surface area contributed by atoms with Crippen molar-refractivity contribution >= 4 is 12.0 Å². The number of nitrogens with one attached hydrogen (secondary N) is 1. The first kappa shape index (κ1) is 16.4. The topological polar surface area (TPSA) is 49.3 Å². The fourth-order valence-corrected chi connectivity index (χ4v) is 1.74. The summed E-state index contributed by atoms with van der Waals surface area (Å²) in [6, 6.07) is 8.16. The van der Waals surface area contributed by atoms with Crippen molar-refractivity contribution in [1.82, 2.24) is 5.32 Å². The van der Waals surface area contributed by atoms with Gasteiger partial charge in [-0.15, -0.1) is 0 Å². The van der Waals surface area contributed by atoms with Gasteiger partial charge in [0.2, 0.25) is 5.91 Å². The van der Waals surface area contributed by atoms with Crippen LogP contribution in [0, 0.1) is 12.8 Å². The van der Waals surface area contributed by atoms with Gasteiger partial charge in [0.15, 0.2) is 0 Å². The molecule has 1 aromatic rings. The summed E-state index contributed by atoms with van der Waals surface area (Å²) in [6.45, 7) is 6.51.